The molecule has 2 aromatic rings. The number of amidine groups is 1. The second kappa shape index (κ2) is 6.39. The van der Waals surface area contributed by atoms with Crippen molar-refractivity contribution in [2.24, 2.45) is 5.73 Å². The Balaban J connectivity index is 1.98. The largest absolute Gasteiger partial charge is 0.489 e. The van der Waals surface area contributed by atoms with Crippen molar-refractivity contribution in [1.29, 1.82) is 5.41 Å². The molecule has 0 fully saturated rings. The van der Waals surface area contributed by atoms with Crippen LogP contribution < -0.4 is 10.5 Å². The van der Waals surface area contributed by atoms with Gasteiger partial charge < -0.3 is 10.5 Å². The minimum Gasteiger partial charge on any atom is -0.489 e. The lowest BCUT2D eigenvalue weighted by atomic mass is 10.1. The summed E-state index contributed by atoms with van der Waals surface area (Å²) >= 11 is 5.68. The molecule has 0 aliphatic heterocycles. The summed E-state index contributed by atoms with van der Waals surface area (Å²) < 4.78 is 19.1. The maximum absolute atomic E-state index is 13.6. The minimum absolute atomic E-state index is 0.113. The Kier molecular flexibility index (Phi) is 4.58. The highest BCUT2D eigenvalue weighted by Gasteiger charge is 2.04. The van der Waals surface area contributed by atoms with Crippen LogP contribution in [0, 0.1) is 11.2 Å². The maximum Gasteiger partial charge on any atom is 0.131 e. The molecule has 0 saturated heterocycles. The lowest BCUT2D eigenvalue weighted by Crippen LogP contribution is -2.12. The molecule has 0 aliphatic rings. The van der Waals surface area contributed by atoms with Crippen LogP contribution in [0.2, 0.25) is 5.02 Å². The second-order valence-electron chi connectivity index (χ2n) is 4.37. The van der Waals surface area contributed by atoms with Crippen LogP contribution in [0.1, 0.15) is 11.1 Å². The Morgan fingerprint density at radius 1 is 1.20 bits per heavy atom. The first-order valence-electron chi connectivity index (χ1n) is 6.03. The third kappa shape index (κ3) is 3.96. The van der Waals surface area contributed by atoms with Crippen LogP contribution in [0.3, 0.4) is 0 Å². The summed E-state index contributed by atoms with van der Waals surface area (Å²) in [6, 6.07) is 11.7. The summed E-state index contributed by atoms with van der Waals surface area (Å²) in [5.41, 5.74) is 6.71. The third-order valence-corrected chi connectivity index (χ3v) is 2.96. The Bertz CT molecular complexity index is 614. The molecule has 104 valence electrons. The normalized spacial score (nSPS) is 10.3. The lowest BCUT2D eigenvalue weighted by molar-refractivity contribution is 0.300. The standard InChI is InChI=1S/C15H14ClFN2O/c16-12-4-3-11(14(17)8-12)9-20-13-5-1-10(2-6-13)7-15(18)19/h1-6,8H,7,9H2,(H3,18,19). The van der Waals surface area contributed by atoms with Crippen molar-refractivity contribution in [3.8, 4) is 5.75 Å². The zero-order valence-electron chi connectivity index (χ0n) is 10.7. The zero-order chi connectivity index (χ0) is 14.5. The zero-order valence-corrected chi connectivity index (χ0v) is 11.5. The minimum atomic E-state index is -0.384. The quantitative estimate of drug-likeness (QED) is 0.654. The molecular weight excluding hydrogens is 279 g/mol. The number of halogens is 2. The van der Waals surface area contributed by atoms with Crippen molar-refractivity contribution < 1.29 is 9.13 Å². The molecule has 0 radical (unpaired) electrons. The molecule has 0 amide bonds. The van der Waals surface area contributed by atoms with E-state index in [4.69, 9.17) is 27.5 Å². The topological polar surface area (TPSA) is 59.1 Å². The first-order chi connectivity index (χ1) is 9.54. The predicted octanol–water partition coefficient (Wildman–Crippen LogP) is 3.54. The summed E-state index contributed by atoms with van der Waals surface area (Å²) in [5.74, 6) is 0.360. The molecule has 3 N–H and O–H groups in total. The molecule has 0 unspecified atom stereocenters. The molecule has 0 aliphatic carbocycles. The molecule has 3 nitrogen and oxygen atoms in total. The van der Waals surface area contributed by atoms with Crippen LogP contribution in [-0.2, 0) is 13.0 Å². The van der Waals surface area contributed by atoms with Gasteiger partial charge in [-0.3, -0.25) is 5.41 Å². The van der Waals surface area contributed by atoms with Crippen LogP contribution >= 0.6 is 11.6 Å². The highest BCUT2D eigenvalue weighted by Crippen LogP contribution is 2.18. The first kappa shape index (κ1) is 14.3. The first-order valence-corrected chi connectivity index (χ1v) is 6.41. The van der Waals surface area contributed by atoms with Crippen molar-refractivity contribution in [2.45, 2.75) is 13.0 Å². The van der Waals surface area contributed by atoms with Crippen molar-refractivity contribution in [1.82, 2.24) is 0 Å². The Morgan fingerprint density at radius 2 is 1.90 bits per heavy atom. The molecule has 5 heteroatoms. The fourth-order valence-electron chi connectivity index (χ4n) is 1.72. The second-order valence-corrected chi connectivity index (χ2v) is 4.81. The van der Waals surface area contributed by atoms with E-state index in [9.17, 15) is 4.39 Å². The number of nitrogens with two attached hydrogens (primary N) is 1. The summed E-state index contributed by atoms with van der Waals surface area (Å²) in [6.45, 7) is 0.134. The van der Waals surface area contributed by atoms with Gasteiger partial charge in [-0.2, -0.15) is 0 Å². The fraction of sp³-hybridized carbons (Fsp3) is 0.133. The van der Waals surface area contributed by atoms with Crippen LogP contribution in [0.15, 0.2) is 42.5 Å². The van der Waals surface area contributed by atoms with Gasteiger partial charge in [0, 0.05) is 17.0 Å². The van der Waals surface area contributed by atoms with Gasteiger partial charge in [-0.1, -0.05) is 29.8 Å². The molecule has 0 heterocycles. The monoisotopic (exact) mass is 292 g/mol. The average molecular weight is 293 g/mol. The number of rotatable bonds is 5. The van der Waals surface area contributed by atoms with Gasteiger partial charge in [0.15, 0.2) is 0 Å². The summed E-state index contributed by atoms with van der Waals surface area (Å²) in [5, 5.41) is 7.57. The van der Waals surface area contributed by atoms with Crippen LogP contribution in [0.25, 0.3) is 0 Å². The number of hydrogen-bond donors (Lipinski definition) is 2. The van der Waals surface area contributed by atoms with Gasteiger partial charge >= 0.3 is 0 Å². The molecule has 2 rings (SSSR count). The smallest absolute Gasteiger partial charge is 0.131 e. The molecule has 20 heavy (non-hydrogen) atoms. The number of ether oxygens (including phenoxy) is 1. The van der Waals surface area contributed by atoms with E-state index in [0.717, 1.165) is 5.56 Å². The van der Waals surface area contributed by atoms with Gasteiger partial charge in [0.25, 0.3) is 0 Å². The Labute approximate surface area is 121 Å². The van der Waals surface area contributed by atoms with E-state index >= 15 is 0 Å². The van der Waals surface area contributed by atoms with Gasteiger partial charge in [0.05, 0.1) is 5.84 Å². The van der Waals surface area contributed by atoms with E-state index in [1.165, 1.54) is 6.07 Å². The van der Waals surface area contributed by atoms with Gasteiger partial charge in [-0.15, -0.1) is 0 Å². The van der Waals surface area contributed by atoms with Crippen LogP contribution in [0.5, 0.6) is 5.75 Å². The van der Waals surface area contributed by atoms with Crippen LogP contribution in [-0.4, -0.2) is 5.84 Å². The summed E-state index contributed by atoms with van der Waals surface area (Å²) in [4.78, 5) is 0. The molecular formula is C15H14ClFN2O. The predicted molar refractivity (Wildman–Crippen MR) is 77.8 cm³/mol. The van der Waals surface area contributed by atoms with E-state index in [0.29, 0.717) is 22.8 Å². The van der Waals surface area contributed by atoms with E-state index in [2.05, 4.69) is 0 Å². The fourth-order valence-corrected chi connectivity index (χ4v) is 1.88. The van der Waals surface area contributed by atoms with Gasteiger partial charge in [-0.25, -0.2) is 4.39 Å². The molecule has 0 bridgehead atoms. The van der Waals surface area contributed by atoms with E-state index in [1.807, 2.05) is 12.1 Å². The Morgan fingerprint density at radius 3 is 2.50 bits per heavy atom. The Hall–Kier alpha value is -2.07. The molecule has 0 aromatic heterocycles. The number of benzene rings is 2. The highest BCUT2D eigenvalue weighted by molar-refractivity contribution is 6.30. The van der Waals surface area contributed by atoms with Crippen LogP contribution in [0.4, 0.5) is 4.39 Å². The molecule has 0 spiro atoms. The molecule has 2 aromatic carbocycles. The average Bonchev–Trinajstić information content (AvgIpc) is 2.39. The maximum atomic E-state index is 13.6. The van der Waals surface area contributed by atoms with Gasteiger partial charge in [0.2, 0.25) is 0 Å². The number of nitrogens with one attached hydrogen (secondary N) is 1. The van der Waals surface area contributed by atoms with Crippen molar-refractivity contribution >= 4 is 17.4 Å². The van der Waals surface area contributed by atoms with E-state index in [-0.39, 0.29) is 18.3 Å². The van der Waals surface area contributed by atoms with Gasteiger partial charge in [0.1, 0.15) is 18.2 Å². The molecule has 0 saturated carbocycles. The lowest BCUT2D eigenvalue weighted by Gasteiger charge is -2.08. The highest BCUT2D eigenvalue weighted by atomic mass is 35.5. The van der Waals surface area contributed by atoms with E-state index in [1.54, 1.807) is 24.3 Å². The third-order valence-electron chi connectivity index (χ3n) is 2.73. The number of hydrogen-bond acceptors (Lipinski definition) is 2. The molecule has 0 atom stereocenters. The van der Waals surface area contributed by atoms with Crippen molar-refractivity contribution in [3.63, 3.8) is 0 Å². The summed E-state index contributed by atoms with van der Waals surface area (Å²) in [7, 11) is 0. The van der Waals surface area contributed by atoms with E-state index < -0.39 is 0 Å². The van der Waals surface area contributed by atoms with Gasteiger partial charge in [-0.05, 0) is 29.8 Å². The summed E-state index contributed by atoms with van der Waals surface area (Å²) in [6.07, 6.45) is 0.409. The van der Waals surface area contributed by atoms with Crippen molar-refractivity contribution in [3.05, 3.63) is 64.4 Å². The van der Waals surface area contributed by atoms with Crippen molar-refractivity contribution in [2.75, 3.05) is 0 Å². The SMILES string of the molecule is N=C(N)Cc1ccc(OCc2ccc(Cl)cc2F)cc1.